The standard InChI is InChI=1S/C19H31N5O2S/c1-19(2,3)15-13-27-16(22-15)12-21-18(20-4)24-9-7-23(8-10-24)17(25)14-6-5-11-26-14/h13-14H,5-12H2,1-4H3,(H,20,21). The number of piperazine rings is 1. The molecule has 8 heteroatoms. The van der Waals surface area contributed by atoms with Crippen molar-refractivity contribution in [3.05, 3.63) is 16.1 Å². The van der Waals surface area contributed by atoms with Gasteiger partial charge in [-0.1, -0.05) is 20.8 Å². The molecule has 1 unspecified atom stereocenters. The van der Waals surface area contributed by atoms with Gasteiger partial charge in [-0.2, -0.15) is 0 Å². The number of carbonyl (C=O) groups excluding carboxylic acids is 1. The van der Waals surface area contributed by atoms with Gasteiger partial charge in [0.15, 0.2) is 5.96 Å². The fourth-order valence-electron chi connectivity index (χ4n) is 3.34. The van der Waals surface area contributed by atoms with Crippen molar-refractivity contribution in [1.82, 2.24) is 20.1 Å². The Hall–Kier alpha value is -1.67. The van der Waals surface area contributed by atoms with Crippen molar-refractivity contribution in [3.8, 4) is 0 Å². The van der Waals surface area contributed by atoms with Gasteiger partial charge in [0.1, 0.15) is 11.1 Å². The second-order valence-electron chi connectivity index (χ2n) is 8.09. The molecule has 1 amide bonds. The van der Waals surface area contributed by atoms with Crippen LogP contribution < -0.4 is 5.32 Å². The van der Waals surface area contributed by atoms with Crippen LogP contribution in [0.4, 0.5) is 0 Å². The topological polar surface area (TPSA) is 70.1 Å². The van der Waals surface area contributed by atoms with E-state index in [0.29, 0.717) is 26.2 Å². The molecule has 7 nitrogen and oxygen atoms in total. The number of nitrogens with one attached hydrogen (secondary N) is 1. The van der Waals surface area contributed by atoms with E-state index in [9.17, 15) is 4.79 Å². The highest BCUT2D eigenvalue weighted by atomic mass is 32.1. The Morgan fingerprint density at radius 2 is 2.04 bits per heavy atom. The van der Waals surface area contributed by atoms with Crippen LogP contribution in [0.15, 0.2) is 10.4 Å². The third-order valence-corrected chi connectivity index (χ3v) is 5.87. The van der Waals surface area contributed by atoms with Crippen LogP contribution >= 0.6 is 11.3 Å². The molecule has 0 radical (unpaired) electrons. The molecule has 3 heterocycles. The third kappa shape index (κ3) is 4.99. The summed E-state index contributed by atoms with van der Waals surface area (Å²) < 4.78 is 5.53. The highest BCUT2D eigenvalue weighted by Gasteiger charge is 2.31. The molecule has 2 saturated heterocycles. The number of aliphatic imine (C=N–C) groups is 1. The van der Waals surface area contributed by atoms with Crippen molar-refractivity contribution in [2.45, 2.75) is 51.7 Å². The molecule has 1 aromatic heterocycles. The second-order valence-corrected chi connectivity index (χ2v) is 9.03. The van der Waals surface area contributed by atoms with Crippen LogP contribution in [0.3, 0.4) is 0 Å². The summed E-state index contributed by atoms with van der Waals surface area (Å²) in [5.41, 5.74) is 1.20. The monoisotopic (exact) mass is 393 g/mol. The van der Waals surface area contributed by atoms with Gasteiger partial charge in [-0.3, -0.25) is 9.79 Å². The first kappa shape index (κ1) is 20.1. The van der Waals surface area contributed by atoms with E-state index in [4.69, 9.17) is 9.72 Å². The van der Waals surface area contributed by atoms with Crippen LogP contribution in [-0.2, 0) is 21.5 Å². The normalized spacial score (nSPS) is 21.6. The quantitative estimate of drug-likeness (QED) is 0.627. The molecule has 0 aromatic carbocycles. The summed E-state index contributed by atoms with van der Waals surface area (Å²) in [6.45, 7) is 10.9. The first-order valence-electron chi connectivity index (χ1n) is 9.69. The van der Waals surface area contributed by atoms with E-state index in [-0.39, 0.29) is 17.4 Å². The van der Waals surface area contributed by atoms with E-state index in [0.717, 1.165) is 42.6 Å². The summed E-state index contributed by atoms with van der Waals surface area (Å²) in [4.78, 5) is 25.7. The summed E-state index contributed by atoms with van der Waals surface area (Å²) in [6, 6.07) is 0. The van der Waals surface area contributed by atoms with Crippen LogP contribution in [0.5, 0.6) is 0 Å². The van der Waals surface area contributed by atoms with Crippen molar-refractivity contribution in [3.63, 3.8) is 0 Å². The summed E-state index contributed by atoms with van der Waals surface area (Å²) in [7, 11) is 1.80. The Morgan fingerprint density at radius 3 is 2.59 bits per heavy atom. The molecule has 1 aromatic rings. The van der Waals surface area contributed by atoms with Crippen LogP contribution in [0.25, 0.3) is 0 Å². The molecule has 150 valence electrons. The van der Waals surface area contributed by atoms with E-state index in [1.165, 1.54) is 0 Å². The molecule has 2 aliphatic heterocycles. The number of thiazole rings is 1. The van der Waals surface area contributed by atoms with Crippen molar-refractivity contribution >= 4 is 23.2 Å². The predicted octanol–water partition coefficient (Wildman–Crippen LogP) is 1.84. The number of guanidine groups is 1. The average molecular weight is 394 g/mol. The number of hydrogen-bond acceptors (Lipinski definition) is 5. The number of amides is 1. The number of carbonyl (C=O) groups is 1. The Kier molecular flexibility index (Phi) is 6.37. The Morgan fingerprint density at radius 1 is 1.33 bits per heavy atom. The van der Waals surface area contributed by atoms with Gasteiger partial charge in [0.25, 0.3) is 5.91 Å². The highest BCUT2D eigenvalue weighted by Crippen LogP contribution is 2.23. The fourth-order valence-corrected chi connectivity index (χ4v) is 4.30. The van der Waals surface area contributed by atoms with Crippen LogP contribution in [0.2, 0.25) is 0 Å². The summed E-state index contributed by atoms with van der Waals surface area (Å²) in [5, 5.41) is 6.61. The number of rotatable bonds is 3. The molecule has 2 fully saturated rings. The molecule has 0 bridgehead atoms. The lowest BCUT2D eigenvalue weighted by Crippen LogP contribution is -2.55. The fraction of sp³-hybridized carbons (Fsp3) is 0.737. The maximum absolute atomic E-state index is 12.5. The van der Waals surface area contributed by atoms with Gasteiger partial charge in [0.2, 0.25) is 0 Å². The summed E-state index contributed by atoms with van der Waals surface area (Å²) in [5.74, 6) is 1.01. The molecule has 2 aliphatic rings. The van der Waals surface area contributed by atoms with E-state index >= 15 is 0 Å². The molecule has 1 atom stereocenters. The molecule has 1 N–H and O–H groups in total. The smallest absolute Gasteiger partial charge is 0.251 e. The van der Waals surface area contributed by atoms with Crippen LogP contribution in [-0.4, -0.2) is 72.6 Å². The number of nitrogens with zero attached hydrogens (tertiary/aromatic N) is 4. The molecular weight excluding hydrogens is 362 g/mol. The van der Waals surface area contributed by atoms with E-state index in [2.05, 4.69) is 41.4 Å². The van der Waals surface area contributed by atoms with Gasteiger partial charge in [-0.05, 0) is 12.8 Å². The Labute approximate surface area is 165 Å². The van der Waals surface area contributed by atoms with Crippen molar-refractivity contribution in [2.75, 3.05) is 39.8 Å². The first-order valence-corrected chi connectivity index (χ1v) is 10.6. The predicted molar refractivity (Wildman–Crippen MR) is 108 cm³/mol. The third-order valence-electron chi connectivity index (χ3n) is 5.03. The zero-order valence-electron chi connectivity index (χ0n) is 16.8. The lowest BCUT2D eigenvalue weighted by molar-refractivity contribution is -0.142. The van der Waals surface area contributed by atoms with Crippen LogP contribution in [0, 0.1) is 0 Å². The average Bonchev–Trinajstić information content (AvgIpc) is 3.34. The van der Waals surface area contributed by atoms with E-state index in [1.807, 2.05) is 4.90 Å². The van der Waals surface area contributed by atoms with Gasteiger partial charge in [-0.15, -0.1) is 11.3 Å². The molecule has 27 heavy (non-hydrogen) atoms. The Balaban J connectivity index is 1.49. The maximum Gasteiger partial charge on any atom is 0.251 e. The van der Waals surface area contributed by atoms with Crippen molar-refractivity contribution < 1.29 is 9.53 Å². The minimum absolute atomic E-state index is 0.0717. The van der Waals surface area contributed by atoms with Gasteiger partial charge in [-0.25, -0.2) is 4.98 Å². The number of ether oxygens (including phenoxy) is 1. The maximum atomic E-state index is 12.5. The van der Waals surface area contributed by atoms with E-state index < -0.39 is 0 Å². The van der Waals surface area contributed by atoms with Gasteiger partial charge in [0.05, 0.1) is 12.2 Å². The molecule has 0 saturated carbocycles. The van der Waals surface area contributed by atoms with Crippen molar-refractivity contribution in [2.24, 2.45) is 4.99 Å². The second kappa shape index (κ2) is 8.56. The minimum Gasteiger partial charge on any atom is -0.368 e. The summed E-state index contributed by atoms with van der Waals surface area (Å²) >= 11 is 1.68. The lowest BCUT2D eigenvalue weighted by atomic mass is 9.93. The van der Waals surface area contributed by atoms with E-state index in [1.54, 1.807) is 18.4 Å². The number of aromatic nitrogens is 1. The SMILES string of the molecule is CN=C(NCc1nc(C(C)(C)C)cs1)N1CCN(C(=O)C2CCCO2)CC1. The zero-order chi connectivity index (χ0) is 19.4. The van der Waals surface area contributed by atoms with Gasteiger partial charge >= 0.3 is 0 Å². The molecule has 3 rings (SSSR count). The molecule has 0 aliphatic carbocycles. The van der Waals surface area contributed by atoms with Crippen LogP contribution in [0.1, 0.15) is 44.3 Å². The zero-order valence-corrected chi connectivity index (χ0v) is 17.6. The number of hydrogen-bond donors (Lipinski definition) is 1. The highest BCUT2D eigenvalue weighted by molar-refractivity contribution is 7.09. The largest absolute Gasteiger partial charge is 0.368 e. The molecule has 0 spiro atoms. The van der Waals surface area contributed by atoms with Crippen molar-refractivity contribution in [1.29, 1.82) is 0 Å². The van der Waals surface area contributed by atoms with Gasteiger partial charge in [0, 0.05) is 50.6 Å². The molecular formula is C19H31N5O2S. The van der Waals surface area contributed by atoms with Gasteiger partial charge < -0.3 is 19.9 Å². The lowest BCUT2D eigenvalue weighted by Gasteiger charge is -2.37. The minimum atomic E-state index is -0.226. The summed E-state index contributed by atoms with van der Waals surface area (Å²) in [6.07, 6.45) is 1.61. The Bertz CT molecular complexity index is 668. The first-order chi connectivity index (χ1) is 12.9.